The number of carbonyl (C=O) groups is 1. The summed E-state index contributed by atoms with van der Waals surface area (Å²) in [6.07, 6.45) is 1.76. The fourth-order valence-electron chi connectivity index (χ4n) is 1.83. The van der Waals surface area contributed by atoms with Crippen LogP contribution >= 0.6 is 11.3 Å². The first-order valence-electron chi connectivity index (χ1n) is 5.44. The summed E-state index contributed by atoms with van der Waals surface area (Å²) >= 11 is 1.46. The zero-order valence-corrected chi connectivity index (χ0v) is 10.5. The number of aromatic nitrogens is 1. The van der Waals surface area contributed by atoms with Crippen LogP contribution in [-0.2, 0) is 16.1 Å². The average Bonchev–Trinajstić information content (AvgIpc) is 2.74. The molecular weight excluding hydrogens is 240 g/mol. The summed E-state index contributed by atoms with van der Waals surface area (Å²) in [7, 11) is 1.64. The van der Waals surface area contributed by atoms with Gasteiger partial charge in [0.05, 0.1) is 13.2 Å². The lowest BCUT2D eigenvalue weighted by molar-refractivity contribution is -0.132. The van der Waals surface area contributed by atoms with Crippen molar-refractivity contribution in [2.24, 2.45) is 0 Å². The van der Waals surface area contributed by atoms with Crippen LogP contribution in [-0.4, -0.2) is 48.6 Å². The van der Waals surface area contributed by atoms with Crippen molar-refractivity contribution in [3.8, 4) is 0 Å². The number of hydrogen-bond acceptors (Lipinski definition) is 6. The molecule has 17 heavy (non-hydrogen) atoms. The van der Waals surface area contributed by atoms with Gasteiger partial charge in [0.15, 0.2) is 5.13 Å². The van der Waals surface area contributed by atoms with E-state index in [-0.39, 0.29) is 11.9 Å². The molecule has 7 heteroatoms. The molecule has 0 bridgehead atoms. The van der Waals surface area contributed by atoms with Crippen molar-refractivity contribution in [2.75, 3.05) is 32.5 Å². The number of nitrogens with one attached hydrogen (secondary N) is 1. The minimum absolute atomic E-state index is 0.0119. The van der Waals surface area contributed by atoms with Gasteiger partial charge >= 0.3 is 0 Å². The summed E-state index contributed by atoms with van der Waals surface area (Å²) in [6, 6.07) is -0.225. The zero-order chi connectivity index (χ0) is 12.3. The van der Waals surface area contributed by atoms with Crippen LogP contribution in [0.25, 0.3) is 0 Å². The Kier molecular flexibility index (Phi) is 3.93. The van der Waals surface area contributed by atoms with Crippen LogP contribution in [0.4, 0.5) is 5.13 Å². The predicted molar refractivity (Wildman–Crippen MR) is 65.6 cm³/mol. The van der Waals surface area contributed by atoms with Crippen LogP contribution in [0, 0.1) is 0 Å². The molecule has 1 aromatic rings. The van der Waals surface area contributed by atoms with Crippen LogP contribution in [0.15, 0.2) is 6.20 Å². The number of morpholine rings is 1. The van der Waals surface area contributed by atoms with E-state index < -0.39 is 0 Å². The smallest absolute Gasteiger partial charge is 0.239 e. The molecule has 6 nitrogen and oxygen atoms in total. The van der Waals surface area contributed by atoms with Crippen LogP contribution in [0.5, 0.6) is 0 Å². The summed E-state index contributed by atoms with van der Waals surface area (Å²) in [6.45, 7) is 2.53. The number of nitrogen functional groups attached to an aromatic ring is 1. The molecule has 1 aromatic heterocycles. The number of anilines is 1. The normalized spacial score (nSPS) is 21.4. The average molecular weight is 256 g/mol. The number of thiazole rings is 1. The number of ether oxygens (including phenoxy) is 1. The molecule has 3 N–H and O–H groups in total. The van der Waals surface area contributed by atoms with Crippen molar-refractivity contribution in [3.63, 3.8) is 0 Å². The van der Waals surface area contributed by atoms with E-state index >= 15 is 0 Å². The molecule has 94 valence electrons. The lowest BCUT2D eigenvalue weighted by Crippen LogP contribution is -2.52. The van der Waals surface area contributed by atoms with E-state index in [1.54, 1.807) is 13.2 Å². The maximum Gasteiger partial charge on any atom is 0.239 e. The molecule has 1 unspecified atom stereocenters. The van der Waals surface area contributed by atoms with E-state index in [1.165, 1.54) is 11.3 Å². The second-order valence-corrected chi connectivity index (χ2v) is 4.99. The van der Waals surface area contributed by atoms with Crippen molar-refractivity contribution in [2.45, 2.75) is 12.6 Å². The molecule has 1 atom stereocenters. The van der Waals surface area contributed by atoms with Crippen molar-refractivity contribution < 1.29 is 9.53 Å². The molecule has 0 radical (unpaired) electrons. The van der Waals surface area contributed by atoms with E-state index in [2.05, 4.69) is 15.2 Å². The second kappa shape index (κ2) is 5.44. The minimum atomic E-state index is -0.225. The first-order valence-corrected chi connectivity index (χ1v) is 6.26. The van der Waals surface area contributed by atoms with Crippen LogP contribution < -0.4 is 11.1 Å². The van der Waals surface area contributed by atoms with Gasteiger partial charge in [-0.05, 0) is 0 Å². The summed E-state index contributed by atoms with van der Waals surface area (Å²) in [5.41, 5.74) is 5.59. The molecule has 1 amide bonds. The summed E-state index contributed by atoms with van der Waals surface area (Å²) in [4.78, 5) is 18.9. The number of nitrogens with two attached hydrogens (primary N) is 1. The Labute approximate surface area is 104 Å². The first kappa shape index (κ1) is 12.3. The Hall–Kier alpha value is -1.18. The Morgan fingerprint density at radius 2 is 2.65 bits per heavy atom. The van der Waals surface area contributed by atoms with E-state index in [1.807, 2.05) is 0 Å². The fraction of sp³-hybridized carbons (Fsp3) is 0.600. The monoisotopic (exact) mass is 256 g/mol. The molecule has 2 heterocycles. The maximum absolute atomic E-state index is 11.7. The Morgan fingerprint density at radius 1 is 1.82 bits per heavy atom. The highest BCUT2D eigenvalue weighted by Crippen LogP contribution is 2.19. The molecule has 1 saturated heterocycles. The highest BCUT2D eigenvalue weighted by atomic mass is 32.1. The number of hydrogen-bond donors (Lipinski definition) is 2. The van der Waals surface area contributed by atoms with Crippen LogP contribution in [0.3, 0.4) is 0 Å². The number of likely N-dealkylation sites (N-methyl/N-ethyl adjacent to an activating group) is 1. The Bertz CT molecular complexity index is 395. The highest BCUT2D eigenvalue weighted by molar-refractivity contribution is 7.15. The van der Waals surface area contributed by atoms with Gasteiger partial charge < -0.3 is 15.8 Å². The van der Waals surface area contributed by atoms with Crippen molar-refractivity contribution in [1.29, 1.82) is 0 Å². The van der Waals surface area contributed by atoms with E-state index in [9.17, 15) is 4.79 Å². The highest BCUT2D eigenvalue weighted by Gasteiger charge is 2.28. The Morgan fingerprint density at radius 3 is 3.29 bits per heavy atom. The first-order chi connectivity index (χ1) is 8.20. The third-order valence-electron chi connectivity index (χ3n) is 2.72. The quantitative estimate of drug-likeness (QED) is 0.774. The van der Waals surface area contributed by atoms with E-state index in [0.29, 0.717) is 24.9 Å². The molecule has 1 fully saturated rings. The molecule has 0 spiro atoms. The standard InChI is InChI=1S/C10H16N4O2S/c1-12-9(15)8-6-16-3-2-14(8)5-7-4-13-10(11)17-7/h4,8H,2-3,5-6H2,1H3,(H2,11,13)(H,12,15). The third kappa shape index (κ3) is 2.93. The maximum atomic E-state index is 11.7. The van der Waals surface area contributed by atoms with Gasteiger partial charge in [-0.3, -0.25) is 9.69 Å². The molecule has 0 saturated carbocycles. The van der Waals surface area contributed by atoms with Gasteiger partial charge in [0, 0.05) is 31.2 Å². The van der Waals surface area contributed by atoms with E-state index in [4.69, 9.17) is 10.5 Å². The topological polar surface area (TPSA) is 80.5 Å². The molecule has 1 aliphatic heterocycles. The van der Waals surface area contributed by atoms with Gasteiger partial charge in [-0.2, -0.15) is 0 Å². The molecular formula is C10H16N4O2S. The lowest BCUT2D eigenvalue weighted by Gasteiger charge is -2.33. The van der Waals surface area contributed by atoms with Crippen LogP contribution in [0.2, 0.25) is 0 Å². The van der Waals surface area contributed by atoms with Gasteiger partial charge in [-0.25, -0.2) is 4.98 Å². The van der Waals surface area contributed by atoms with Crippen molar-refractivity contribution in [3.05, 3.63) is 11.1 Å². The summed E-state index contributed by atoms with van der Waals surface area (Å²) < 4.78 is 5.34. The SMILES string of the molecule is CNC(=O)C1COCCN1Cc1cnc(N)s1. The van der Waals surface area contributed by atoms with Crippen molar-refractivity contribution in [1.82, 2.24) is 15.2 Å². The number of rotatable bonds is 3. The third-order valence-corrected chi connectivity index (χ3v) is 3.53. The lowest BCUT2D eigenvalue weighted by atomic mass is 10.2. The van der Waals surface area contributed by atoms with Gasteiger partial charge in [0.25, 0.3) is 0 Å². The Balaban J connectivity index is 2.03. The van der Waals surface area contributed by atoms with E-state index in [0.717, 1.165) is 11.4 Å². The minimum Gasteiger partial charge on any atom is -0.378 e. The molecule has 1 aliphatic rings. The summed E-state index contributed by atoms with van der Waals surface area (Å²) in [5.74, 6) is -0.0119. The van der Waals surface area contributed by atoms with Gasteiger partial charge in [0.1, 0.15) is 6.04 Å². The van der Waals surface area contributed by atoms with Gasteiger partial charge in [-0.1, -0.05) is 0 Å². The zero-order valence-electron chi connectivity index (χ0n) is 9.68. The number of nitrogens with zero attached hydrogens (tertiary/aromatic N) is 2. The molecule has 2 rings (SSSR count). The van der Waals surface area contributed by atoms with Crippen molar-refractivity contribution >= 4 is 22.4 Å². The predicted octanol–water partition coefficient (Wildman–Crippen LogP) is -0.328. The van der Waals surface area contributed by atoms with Gasteiger partial charge in [0.2, 0.25) is 5.91 Å². The van der Waals surface area contributed by atoms with Gasteiger partial charge in [-0.15, -0.1) is 11.3 Å². The van der Waals surface area contributed by atoms with Crippen LogP contribution in [0.1, 0.15) is 4.88 Å². The largest absolute Gasteiger partial charge is 0.378 e. The summed E-state index contributed by atoms with van der Waals surface area (Å²) in [5, 5.41) is 3.22. The molecule has 0 aromatic carbocycles. The number of amides is 1. The second-order valence-electron chi connectivity index (χ2n) is 3.84. The number of carbonyl (C=O) groups excluding carboxylic acids is 1. The fourth-order valence-corrected chi connectivity index (χ4v) is 2.54. The molecule has 0 aliphatic carbocycles.